The third-order valence-electron chi connectivity index (χ3n) is 5.34. The summed E-state index contributed by atoms with van der Waals surface area (Å²) in [6, 6.07) is 2.12. The first kappa shape index (κ1) is 15.1. The second kappa shape index (κ2) is 5.96. The molecule has 5 heterocycles. The van der Waals surface area contributed by atoms with E-state index in [9.17, 15) is 5.11 Å². The van der Waals surface area contributed by atoms with E-state index in [4.69, 9.17) is 14.7 Å². The Hall–Kier alpha value is -2.19. The number of rotatable bonds is 3. The molecule has 0 aromatic carbocycles. The molecule has 0 amide bonds. The van der Waals surface area contributed by atoms with E-state index in [1.165, 1.54) is 11.3 Å². The number of nitrogens with one attached hydrogen (secondary N) is 1. The van der Waals surface area contributed by atoms with Gasteiger partial charge in [0.25, 0.3) is 0 Å². The molecule has 1 atom stereocenters. The van der Waals surface area contributed by atoms with Crippen molar-refractivity contribution in [2.24, 2.45) is 0 Å². The molecule has 2 aromatic rings. The number of fused-ring (bicyclic) bond motifs is 1. The normalized spacial score (nSPS) is 23.6. The molecule has 132 valence electrons. The summed E-state index contributed by atoms with van der Waals surface area (Å²) in [5, 5.41) is 16.9. The number of hydrogen-bond acceptors (Lipinski definition) is 7. The van der Waals surface area contributed by atoms with Crippen LogP contribution < -0.4 is 9.80 Å². The molecule has 0 aliphatic carbocycles. The van der Waals surface area contributed by atoms with Crippen LogP contribution in [-0.2, 0) is 17.7 Å². The number of aromatic amines is 1. The number of nitrogens with zero attached hydrogens (tertiary/aromatic N) is 5. The lowest BCUT2D eigenvalue weighted by atomic mass is 10.0. The quantitative estimate of drug-likeness (QED) is 0.837. The molecule has 3 aliphatic rings. The highest BCUT2D eigenvalue weighted by Crippen LogP contribution is 2.31. The van der Waals surface area contributed by atoms with Crippen molar-refractivity contribution in [1.29, 1.82) is 0 Å². The van der Waals surface area contributed by atoms with Gasteiger partial charge in [0, 0.05) is 62.4 Å². The summed E-state index contributed by atoms with van der Waals surface area (Å²) in [7, 11) is 0. The zero-order valence-corrected chi connectivity index (χ0v) is 14.1. The number of ether oxygens (including phenoxy) is 1. The summed E-state index contributed by atoms with van der Waals surface area (Å²) in [4.78, 5) is 13.9. The van der Waals surface area contributed by atoms with E-state index in [-0.39, 0.29) is 6.10 Å². The number of anilines is 2. The summed E-state index contributed by atoms with van der Waals surface area (Å²) in [5.41, 5.74) is 3.51. The van der Waals surface area contributed by atoms with Crippen LogP contribution in [0.1, 0.15) is 29.3 Å². The zero-order chi connectivity index (χ0) is 16.8. The van der Waals surface area contributed by atoms with Gasteiger partial charge in [0.2, 0.25) is 5.95 Å². The Morgan fingerprint density at radius 3 is 2.96 bits per heavy atom. The third-order valence-corrected chi connectivity index (χ3v) is 5.34. The van der Waals surface area contributed by atoms with Gasteiger partial charge in [-0.15, -0.1) is 0 Å². The van der Waals surface area contributed by atoms with Crippen molar-refractivity contribution in [1.82, 2.24) is 20.2 Å². The number of aromatic nitrogens is 4. The van der Waals surface area contributed by atoms with Gasteiger partial charge in [0.05, 0.1) is 24.6 Å². The molecular formula is C17H22N6O2. The van der Waals surface area contributed by atoms with Crippen molar-refractivity contribution in [3.63, 3.8) is 0 Å². The van der Waals surface area contributed by atoms with Gasteiger partial charge in [-0.1, -0.05) is 0 Å². The van der Waals surface area contributed by atoms with Gasteiger partial charge in [-0.05, 0) is 6.42 Å². The summed E-state index contributed by atoms with van der Waals surface area (Å²) in [6.45, 7) is 4.46. The summed E-state index contributed by atoms with van der Waals surface area (Å²) >= 11 is 0. The van der Waals surface area contributed by atoms with Crippen LogP contribution in [0.15, 0.2) is 12.3 Å². The molecule has 5 rings (SSSR count). The van der Waals surface area contributed by atoms with Crippen molar-refractivity contribution >= 4 is 11.8 Å². The monoisotopic (exact) mass is 342 g/mol. The van der Waals surface area contributed by atoms with Crippen molar-refractivity contribution in [3.05, 3.63) is 29.2 Å². The Bertz CT molecular complexity index is 766. The molecule has 2 aromatic heterocycles. The largest absolute Gasteiger partial charge is 0.389 e. The SMILES string of the molecule is OC1CN(c2nc([C@@H]3CCOC3)cc(N3CCc4[nH]ncc4C3)n2)C1. The van der Waals surface area contributed by atoms with E-state index in [1.807, 2.05) is 11.1 Å². The number of hydrogen-bond donors (Lipinski definition) is 2. The van der Waals surface area contributed by atoms with E-state index >= 15 is 0 Å². The summed E-state index contributed by atoms with van der Waals surface area (Å²) in [6.07, 6.45) is 3.58. The Labute approximate surface area is 145 Å². The molecular weight excluding hydrogens is 320 g/mol. The minimum Gasteiger partial charge on any atom is -0.389 e. The third kappa shape index (κ3) is 2.75. The van der Waals surface area contributed by atoms with Gasteiger partial charge >= 0.3 is 0 Å². The molecule has 0 unspecified atom stereocenters. The van der Waals surface area contributed by atoms with E-state index in [2.05, 4.69) is 21.2 Å². The van der Waals surface area contributed by atoms with Gasteiger partial charge < -0.3 is 19.6 Å². The zero-order valence-electron chi connectivity index (χ0n) is 14.1. The Balaban J connectivity index is 1.47. The van der Waals surface area contributed by atoms with Crippen molar-refractivity contribution in [2.75, 3.05) is 42.6 Å². The van der Waals surface area contributed by atoms with Gasteiger partial charge in [-0.3, -0.25) is 5.10 Å². The number of β-amino-alcohol motifs (C(OH)–C–C–N with tert-alkyl or cyclic N) is 1. The van der Waals surface area contributed by atoms with Crippen LogP contribution in [0.4, 0.5) is 11.8 Å². The smallest absolute Gasteiger partial charge is 0.227 e. The Morgan fingerprint density at radius 2 is 2.16 bits per heavy atom. The van der Waals surface area contributed by atoms with E-state index in [0.717, 1.165) is 56.6 Å². The predicted octanol–water partition coefficient (Wildman–Crippen LogP) is 0.447. The fourth-order valence-corrected chi connectivity index (χ4v) is 3.76. The lowest BCUT2D eigenvalue weighted by Gasteiger charge is -2.37. The van der Waals surface area contributed by atoms with Crippen LogP contribution in [0.5, 0.6) is 0 Å². The summed E-state index contributed by atoms with van der Waals surface area (Å²) < 4.78 is 5.55. The number of H-pyrrole nitrogens is 1. The first-order valence-electron chi connectivity index (χ1n) is 8.92. The average Bonchev–Trinajstić information content (AvgIpc) is 3.29. The molecule has 0 spiro atoms. The summed E-state index contributed by atoms with van der Waals surface area (Å²) in [5.74, 6) is 2.02. The highest BCUT2D eigenvalue weighted by Gasteiger charge is 2.30. The fraction of sp³-hybridized carbons (Fsp3) is 0.588. The van der Waals surface area contributed by atoms with Crippen molar-refractivity contribution < 1.29 is 9.84 Å². The van der Waals surface area contributed by atoms with Crippen LogP contribution in [0.3, 0.4) is 0 Å². The first-order valence-corrected chi connectivity index (χ1v) is 8.92. The standard InChI is InChI=1S/C17H22N6O2/c24-13-8-23(9-13)17-19-15(11-2-4-25-10-11)5-16(20-17)22-3-1-14-12(7-22)6-18-21-14/h5-6,11,13,24H,1-4,7-10H2,(H,18,21)/t11-/m1/s1. The lowest BCUT2D eigenvalue weighted by molar-refractivity contribution is 0.140. The van der Waals surface area contributed by atoms with Gasteiger partial charge in [0.15, 0.2) is 0 Å². The van der Waals surface area contributed by atoms with Gasteiger partial charge in [-0.25, -0.2) is 4.98 Å². The molecule has 8 nitrogen and oxygen atoms in total. The lowest BCUT2D eigenvalue weighted by Crippen LogP contribution is -2.51. The van der Waals surface area contributed by atoms with Gasteiger partial charge in [0.1, 0.15) is 5.82 Å². The molecule has 2 saturated heterocycles. The topological polar surface area (TPSA) is 90.4 Å². The molecule has 0 bridgehead atoms. The van der Waals surface area contributed by atoms with Crippen LogP contribution in [-0.4, -0.2) is 64.2 Å². The second-order valence-corrected chi connectivity index (χ2v) is 7.12. The van der Waals surface area contributed by atoms with Crippen molar-refractivity contribution in [2.45, 2.75) is 31.4 Å². The number of aliphatic hydroxyl groups excluding tert-OH is 1. The van der Waals surface area contributed by atoms with Gasteiger partial charge in [-0.2, -0.15) is 10.1 Å². The molecule has 3 aliphatic heterocycles. The van der Waals surface area contributed by atoms with Crippen LogP contribution >= 0.6 is 0 Å². The maximum atomic E-state index is 9.63. The molecule has 8 heteroatoms. The molecule has 0 radical (unpaired) electrons. The van der Waals surface area contributed by atoms with Crippen LogP contribution in [0, 0.1) is 0 Å². The highest BCUT2D eigenvalue weighted by molar-refractivity contribution is 5.50. The maximum absolute atomic E-state index is 9.63. The minimum absolute atomic E-state index is 0.269. The molecule has 2 N–H and O–H groups in total. The Morgan fingerprint density at radius 1 is 1.24 bits per heavy atom. The van der Waals surface area contributed by atoms with E-state index < -0.39 is 0 Å². The second-order valence-electron chi connectivity index (χ2n) is 7.12. The van der Waals surface area contributed by atoms with Crippen molar-refractivity contribution in [3.8, 4) is 0 Å². The Kier molecular flexibility index (Phi) is 3.60. The maximum Gasteiger partial charge on any atom is 0.227 e. The molecule has 2 fully saturated rings. The first-order chi connectivity index (χ1) is 12.3. The predicted molar refractivity (Wildman–Crippen MR) is 91.8 cm³/mol. The highest BCUT2D eigenvalue weighted by atomic mass is 16.5. The van der Waals surface area contributed by atoms with Crippen LogP contribution in [0.2, 0.25) is 0 Å². The average molecular weight is 342 g/mol. The van der Waals surface area contributed by atoms with Crippen LogP contribution in [0.25, 0.3) is 0 Å². The van der Waals surface area contributed by atoms with E-state index in [0.29, 0.717) is 19.0 Å². The minimum atomic E-state index is -0.269. The number of aliphatic hydroxyl groups is 1. The molecule has 25 heavy (non-hydrogen) atoms. The molecule has 0 saturated carbocycles. The fourth-order valence-electron chi connectivity index (χ4n) is 3.76. The van der Waals surface area contributed by atoms with E-state index in [1.54, 1.807) is 0 Å².